The maximum absolute atomic E-state index is 13.0. The number of rotatable bonds is 5. The summed E-state index contributed by atoms with van der Waals surface area (Å²) in [7, 11) is 0. The van der Waals surface area contributed by atoms with Crippen LogP contribution in [0.25, 0.3) is 0 Å². The zero-order valence-corrected chi connectivity index (χ0v) is 17.1. The van der Waals surface area contributed by atoms with E-state index < -0.39 is 11.7 Å². The summed E-state index contributed by atoms with van der Waals surface area (Å²) in [5.41, 5.74) is 0.0334. The Morgan fingerprint density at radius 2 is 1.93 bits per heavy atom. The second kappa shape index (κ2) is 9.39. The molecule has 28 heavy (non-hydrogen) atoms. The number of carbonyl (C=O) groups is 1. The second-order valence-electron chi connectivity index (χ2n) is 7.45. The van der Waals surface area contributed by atoms with Crippen molar-refractivity contribution in [2.45, 2.75) is 31.5 Å². The zero-order chi connectivity index (χ0) is 20.1. The molecule has 2 heterocycles. The largest absolute Gasteiger partial charge is 0.416 e. The summed E-state index contributed by atoms with van der Waals surface area (Å²) in [6.45, 7) is 4.66. The van der Waals surface area contributed by atoms with E-state index in [0.717, 1.165) is 50.8 Å². The first-order valence-electron chi connectivity index (χ1n) is 9.81. The third kappa shape index (κ3) is 5.35. The van der Waals surface area contributed by atoms with Crippen molar-refractivity contribution >= 4 is 23.4 Å². The Labute approximate surface area is 169 Å². The van der Waals surface area contributed by atoms with E-state index >= 15 is 0 Å². The van der Waals surface area contributed by atoms with E-state index in [2.05, 4.69) is 4.90 Å². The Hall–Kier alpha value is -1.41. The van der Waals surface area contributed by atoms with Crippen LogP contribution in [0.2, 0.25) is 0 Å². The predicted molar refractivity (Wildman–Crippen MR) is 108 cm³/mol. The monoisotopic (exact) mass is 415 g/mol. The van der Waals surface area contributed by atoms with Crippen LogP contribution < -0.4 is 4.90 Å². The number of nitrogens with zero attached hydrogens (tertiary/aromatic N) is 3. The number of piperidine rings is 1. The van der Waals surface area contributed by atoms with Crippen LogP contribution in [0, 0.1) is 0 Å². The van der Waals surface area contributed by atoms with Gasteiger partial charge in [-0.05, 0) is 37.3 Å². The molecule has 0 unspecified atom stereocenters. The Kier molecular flexibility index (Phi) is 7.15. The van der Waals surface area contributed by atoms with Crippen LogP contribution in [-0.2, 0) is 11.0 Å². The Morgan fingerprint density at radius 1 is 1.18 bits per heavy atom. The molecule has 156 valence electrons. The molecule has 0 bridgehead atoms. The number of alkyl halides is 3. The van der Waals surface area contributed by atoms with Crippen LogP contribution in [0.4, 0.5) is 18.9 Å². The highest BCUT2D eigenvalue weighted by atomic mass is 32.2. The molecule has 1 aromatic rings. The maximum Gasteiger partial charge on any atom is 0.416 e. The molecular weight excluding hydrogens is 387 g/mol. The normalized spacial score (nSPS) is 21.8. The van der Waals surface area contributed by atoms with Crippen molar-refractivity contribution in [2.75, 3.05) is 56.2 Å². The lowest BCUT2D eigenvalue weighted by Gasteiger charge is -2.44. The van der Waals surface area contributed by atoms with E-state index in [1.54, 1.807) is 17.8 Å². The number of likely N-dealkylation sites (tertiary alicyclic amines) is 1. The number of benzene rings is 1. The molecule has 2 fully saturated rings. The van der Waals surface area contributed by atoms with E-state index in [1.807, 2.05) is 16.1 Å². The Morgan fingerprint density at radius 3 is 2.61 bits per heavy atom. The van der Waals surface area contributed by atoms with Gasteiger partial charge in [-0.25, -0.2) is 0 Å². The summed E-state index contributed by atoms with van der Waals surface area (Å²) >= 11 is 1.69. The van der Waals surface area contributed by atoms with Crippen LogP contribution >= 0.6 is 11.8 Å². The molecule has 3 rings (SSSR count). The SMILES string of the molecule is CSCCC(=O)N1CCC[C@@H](N2CCN(c3cccc(C(F)(F)F)c3)CC2)C1. The summed E-state index contributed by atoms with van der Waals surface area (Å²) in [6, 6.07) is 5.93. The number of halogens is 3. The van der Waals surface area contributed by atoms with E-state index in [0.29, 0.717) is 31.2 Å². The molecule has 2 aliphatic rings. The van der Waals surface area contributed by atoms with Gasteiger partial charge in [0.25, 0.3) is 0 Å². The van der Waals surface area contributed by atoms with Gasteiger partial charge < -0.3 is 9.80 Å². The van der Waals surface area contributed by atoms with Crippen LogP contribution in [0.1, 0.15) is 24.8 Å². The van der Waals surface area contributed by atoms with Gasteiger partial charge in [-0.15, -0.1) is 0 Å². The van der Waals surface area contributed by atoms with E-state index in [4.69, 9.17) is 0 Å². The van der Waals surface area contributed by atoms with Crippen molar-refractivity contribution < 1.29 is 18.0 Å². The van der Waals surface area contributed by atoms with Crippen molar-refractivity contribution in [3.63, 3.8) is 0 Å². The van der Waals surface area contributed by atoms with Crippen LogP contribution in [0.5, 0.6) is 0 Å². The quantitative estimate of drug-likeness (QED) is 0.735. The molecule has 2 aliphatic heterocycles. The molecule has 1 aromatic carbocycles. The van der Waals surface area contributed by atoms with E-state index in [1.165, 1.54) is 12.1 Å². The number of thioether (sulfide) groups is 1. The van der Waals surface area contributed by atoms with Gasteiger partial charge in [-0.1, -0.05) is 6.07 Å². The van der Waals surface area contributed by atoms with Gasteiger partial charge in [0.2, 0.25) is 5.91 Å². The molecule has 1 amide bonds. The van der Waals surface area contributed by atoms with Gasteiger partial charge in [-0.3, -0.25) is 9.69 Å². The molecule has 0 N–H and O–H groups in total. The van der Waals surface area contributed by atoms with Gasteiger partial charge in [0, 0.05) is 63.2 Å². The maximum atomic E-state index is 13.0. The number of piperazine rings is 1. The summed E-state index contributed by atoms with van der Waals surface area (Å²) in [5.74, 6) is 1.09. The van der Waals surface area contributed by atoms with Crippen LogP contribution in [0.15, 0.2) is 24.3 Å². The standard InChI is InChI=1S/C20H28F3N3OS/c1-28-13-7-19(27)26-8-3-6-18(15-26)25-11-9-24(10-12-25)17-5-2-4-16(14-17)20(21,22)23/h2,4-5,14,18H,3,6-13,15H2,1H3/t18-/m1/s1. The summed E-state index contributed by atoms with van der Waals surface area (Å²) in [4.78, 5) is 18.7. The average molecular weight is 416 g/mol. The zero-order valence-electron chi connectivity index (χ0n) is 16.2. The third-order valence-corrected chi connectivity index (χ3v) is 6.25. The fraction of sp³-hybridized carbons (Fsp3) is 0.650. The van der Waals surface area contributed by atoms with Crippen LogP contribution in [-0.4, -0.2) is 73.0 Å². The molecular formula is C20H28F3N3OS. The smallest absolute Gasteiger partial charge is 0.369 e. The number of hydrogen-bond donors (Lipinski definition) is 0. The first-order chi connectivity index (χ1) is 13.4. The van der Waals surface area contributed by atoms with Crippen molar-refractivity contribution in [3.05, 3.63) is 29.8 Å². The fourth-order valence-electron chi connectivity index (χ4n) is 4.05. The van der Waals surface area contributed by atoms with Crippen molar-refractivity contribution in [1.29, 1.82) is 0 Å². The third-order valence-electron chi connectivity index (χ3n) is 5.64. The van der Waals surface area contributed by atoms with Gasteiger partial charge >= 0.3 is 6.18 Å². The van der Waals surface area contributed by atoms with Crippen molar-refractivity contribution in [2.24, 2.45) is 0 Å². The number of hydrogen-bond acceptors (Lipinski definition) is 4. The Bertz CT molecular complexity index is 662. The fourth-order valence-corrected chi connectivity index (χ4v) is 4.43. The van der Waals surface area contributed by atoms with Gasteiger partial charge in [0.1, 0.15) is 0 Å². The minimum absolute atomic E-state index is 0.238. The lowest BCUT2D eigenvalue weighted by Crippen LogP contribution is -2.56. The first kappa shape index (κ1) is 21.3. The van der Waals surface area contributed by atoms with Gasteiger partial charge in [0.05, 0.1) is 5.56 Å². The number of anilines is 1. The minimum atomic E-state index is -4.31. The van der Waals surface area contributed by atoms with Gasteiger partial charge in [-0.2, -0.15) is 24.9 Å². The van der Waals surface area contributed by atoms with E-state index in [9.17, 15) is 18.0 Å². The molecule has 4 nitrogen and oxygen atoms in total. The molecule has 2 saturated heterocycles. The molecule has 0 radical (unpaired) electrons. The highest BCUT2D eigenvalue weighted by Gasteiger charge is 2.32. The molecule has 0 aliphatic carbocycles. The second-order valence-corrected chi connectivity index (χ2v) is 8.44. The average Bonchev–Trinajstić information content (AvgIpc) is 2.71. The highest BCUT2D eigenvalue weighted by Crippen LogP contribution is 2.32. The topological polar surface area (TPSA) is 26.8 Å². The summed E-state index contributed by atoms with van der Waals surface area (Å²) in [6.07, 6.45) is 0.388. The van der Waals surface area contributed by atoms with Crippen molar-refractivity contribution in [3.8, 4) is 0 Å². The highest BCUT2D eigenvalue weighted by molar-refractivity contribution is 7.98. The lowest BCUT2D eigenvalue weighted by molar-refractivity contribution is -0.137. The molecule has 0 saturated carbocycles. The van der Waals surface area contributed by atoms with Crippen LogP contribution in [0.3, 0.4) is 0 Å². The minimum Gasteiger partial charge on any atom is -0.369 e. The molecule has 0 spiro atoms. The molecule has 8 heteroatoms. The molecule has 1 atom stereocenters. The summed E-state index contributed by atoms with van der Waals surface area (Å²) in [5, 5.41) is 0. The Balaban J connectivity index is 1.54. The van der Waals surface area contributed by atoms with Gasteiger partial charge in [0.15, 0.2) is 0 Å². The number of carbonyl (C=O) groups excluding carboxylic acids is 1. The lowest BCUT2D eigenvalue weighted by atomic mass is 10.0. The predicted octanol–water partition coefficient (Wildman–Crippen LogP) is 3.57. The first-order valence-corrected chi connectivity index (χ1v) is 11.2. The van der Waals surface area contributed by atoms with Crippen molar-refractivity contribution in [1.82, 2.24) is 9.80 Å². The van der Waals surface area contributed by atoms with E-state index in [-0.39, 0.29) is 5.91 Å². The number of amides is 1. The summed E-state index contributed by atoms with van der Waals surface area (Å²) < 4.78 is 38.9. The molecule has 0 aromatic heterocycles.